The number of hydrogen-bond acceptors (Lipinski definition) is 4. The summed E-state index contributed by atoms with van der Waals surface area (Å²) < 4.78 is 31.5. The van der Waals surface area contributed by atoms with Gasteiger partial charge in [-0.15, -0.1) is 0 Å². The molecule has 1 fully saturated rings. The van der Waals surface area contributed by atoms with Crippen molar-refractivity contribution in [1.82, 2.24) is 9.21 Å². The SMILES string of the molecule is CN(CCN(C)S(=O)(=O)CCOc1ccccc1)C1CCCC1. The summed E-state index contributed by atoms with van der Waals surface area (Å²) in [5.74, 6) is 0.706. The minimum Gasteiger partial charge on any atom is -0.492 e. The second kappa shape index (κ2) is 8.66. The van der Waals surface area contributed by atoms with Gasteiger partial charge >= 0.3 is 0 Å². The first kappa shape index (κ1) is 18.2. The maximum atomic E-state index is 12.3. The van der Waals surface area contributed by atoms with Gasteiger partial charge in [-0.3, -0.25) is 0 Å². The van der Waals surface area contributed by atoms with Crippen LogP contribution < -0.4 is 4.74 Å². The predicted octanol–water partition coefficient (Wildman–Crippen LogP) is 2.20. The monoisotopic (exact) mass is 340 g/mol. The molecule has 1 aliphatic carbocycles. The van der Waals surface area contributed by atoms with E-state index in [1.807, 2.05) is 30.3 Å². The van der Waals surface area contributed by atoms with Crippen LogP contribution in [0.1, 0.15) is 25.7 Å². The van der Waals surface area contributed by atoms with Crippen molar-refractivity contribution >= 4 is 10.0 Å². The number of rotatable bonds is 9. The van der Waals surface area contributed by atoms with E-state index in [2.05, 4.69) is 11.9 Å². The van der Waals surface area contributed by atoms with Crippen molar-refractivity contribution in [3.05, 3.63) is 30.3 Å². The fourth-order valence-corrected chi connectivity index (χ4v) is 3.87. The lowest BCUT2D eigenvalue weighted by atomic mass is 10.2. The summed E-state index contributed by atoms with van der Waals surface area (Å²) in [5.41, 5.74) is 0. The van der Waals surface area contributed by atoms with Crippen molar-refractivity contribution in [1.29, 1.82) is 0 Å². The Morgan fingerprint density at radius 2 is 1.74 bits per heavy atom. The number of sulfonamides is 1. The van der Waals surface area contributed by atoms with Crippen LogP contribution in [-0.4, -0.2) is 63.2 Å². The first-order valence-corrected chi connectivity index (χ1v) is 9.92. The third kappa shape index (κ3) is 5.79. The van der Waals surface area contributed by atoms with E-state index in [1.54, 1.807) is 7.05 Å². The first-order chi connectivity index (χ1) is 11.0. The highest BCUT2D eigenvalue weighted by Crippen LogP contribution is 2.22. The standard InChI is InChI=1S/C17H28N2O3S/c1-18(16-8-6-7-9-16)12-13-19(2)23(20,21)15-14-22-17-10-4-3-5-11-17/h3-5,10-11,16H,6-9,12-15H2,1-2H3. The van der Waals surface area contributed by atoms with Crippen LogP contribution in [0.5, 0.6) is 5.75 Å². The van der Waals surface area contributed by atoms with Crippen LogP contribution in [0.15, 0.2) is 30.3 Å². The van der Waals surface area contributed by atoms with Crippen LogP contribution in [0.2, 0.25) is 0 Å². The van der Waals surface area contributed by atoms with Gasteiger partial charge in [0.15, 0.2) is 0 Å². The molecule has 2 rings (SSSR count). The Kier molecular flexibility index (Phi) is 6.87. The van der Waals surface area contributed by atoms with Gasteiger partial charge in [0.05, 0.1) is 5.75 Å². The molecule has 0 bridgehead atoms. The average molecular weight is 340 g/mol. The van der Waals surface area contributed by atoms with Crippen LogP contribution in [0, 0.1) is 0 Å². The van der Waals surface area contributed by atoms with E-state index in [4.69, 9.17) is 4.74 Å². The number of likely N-dealkylation sites (N-methyl/N-ethyl adjacent to an activating group) is 2. The minimum atomic E-state index is -3.27. The van der Waals surface area contributed by atoms with Crippen molar-refractivity contribution in [2.24, 2.45) is 0 Å². The second-order valence-corrected chi connectivity index (χ2v) is 8.41. The molecule has 0 unspecified atom stereocenters. The molecule has 6 heteroatoms. The van der Waals surface area contributed by atoms with Gasteiger partial charge in [0.25, 0.3) is 0 Å². The van der Waals surface area contributed by atoms with E-state index >= 15 is 0 Å². The van der Waals surface area contributed by atoms with Crippen LogP contribution in [0.4, 0.5) is 0 Å². The zero-order valence-electron chi connectivity index (χ0n) is 14.1. The van der Waals surface area contributed by atoms with Crippen LogP contribution in [0.3, 0.4) is 0 Å². The Balaban J connectivity index is 1.72. The maximum Gasteiger partial charge on any atom is 0.217 e. The highest BCUT2D eigenvalue weighted by molar-refractivity contribution is 7.89. The summed E-state index contributed by atoms with van der Waals surface area (Å²) in [6.45, 7) is 1.48. The molecule has 0 radical (unpaired) electrons. The molecule has 5 nitrogen and oxygen atoms in total. The Hall–Kier alpha value is -1.11. The molecule has 0 amide bonds. The molecule has 0 saturated heterocycles. The molecule has 1 saturated carbocycles. The summed E-state index contributed by atoms with van der Waals surface area (Å²) in [6, 6.07) is 9.91. The fraction of sp³-hybridized carbons (Fsp3) is 0.647. The summed E-state index contributed by atoms with van der Waals surface area (Å²) in [4.78, 5) is 2.29. The van der Waals surface area contributed by atoms with Gasteiger partial charge in [0, 0.05) is 26.2 Å². The van der Waals surface area contributed by atoms with Crippen molar-refractivity contribution in [3.63, 3.8) is 0 Å². The number of benzene rings is 1. The van der Waals surface area contributed by atoms with Gasteiger partial charge in [-0.1, -0.05) is 31.0 Å². The zero-order chi connectivity index (χ0) is 16.7. The van der Waals surface area contributed by atoms with Gasteiger partial charge in [0.1, 0.15) is 12.4 Å². The number of nitrogens with zero attached hydrogens (tertiary/aromatic N) is 2. The Labute approximate surface area is 140 Å². The molecule has 0 heterocycles. The predicted molar refractivity (Wildman–Crippen MR) is 93.2 cm³/mol. The molecule has 0 aromatic heterocycles. The van der Waals surface area contributed by atoms with Crippen LogP contribution in [0.25, 0.3) is 0 Å². The third-order valence-corrected chi connectivity index (χ3v) is 6.36. The minimum absolute atomic E-state index is 0.00549. The van der Waals surface area contributed by atoms with Crippen molar-refractivity contribution in [3.8, 4) is 5.75 Å². The molecule has 0 aliphatic heterocycles. The molecular formula is C17H28N2O3S. The highest BCUT2D eigenvalue weighted by atomic mass is 32.2. The van der Waals surface area contributed by atoms with Crippen molar-refractivity contribution in [2.45, 2.75) is 31.7 Å². The first-order valence-electron chi connectivity index (χ1n) is 8.31. The summed E-state index contributed by atoms with van der Waals surface area (Å²) in [7, 11) is 0.477. The van der Waals surface area contributed by atoms with E-state index in [1.165, 1.54) is 30.0 Å². The largest absolute Gasteiger partial charge is 0.492 e. The number of para-hydroxylation sites is 1. The zero-order valence-corrected chi connectivity index (χ0v) is 15.0. The molecule has 0 atom stereocenters. The molecule has 1 aromatic rings. The van der Waals surface area contributed by atoms with E-state index in [-0.39, 0.29) is 12.4 Å². The Bertz CT molecular complexity index is 556. The average Bonchev–Trinajstić information content (AvgIpc) is 3.07. The van der Waals surface area contributed by atoms with Gasteiger partial charge in [-0.2, -0.15) is 0 Å². The van der Waals surface area contributed by atoms with Crippen LogP contribution >= 0.6 is 0 Å². The van der Waals surface area contributed by atoms with Gasteiger partial charge in [-0.05, 0) is 32.0 Å². The smallest absolute Gasteiger partial charge is 0.217 e. The lowest BCUT2D eigenvalue weighted by Crippen LogP contribution is -2.39. The molecular weight excluding hydrogens is 312 g/mol. The normalized spacial score (nSPS) is 16.3. The topological polar surface area (TPSA) is 49.9 Å². The second-order valence-electron chi connectivity index (χ2n) is 6.22. The van der Waals surface area contributed by atoms with Crippen molar-refractivity contribution in [2.75, 3.05) is 39.5 Å². The maximum absolute atomic E-state index is 12.3. The van der Waals surface area contributed by atoms with Crippen molar-refractivity contribution < 1.29 is 13.2 Å². The molecule has 23 heavy (non-hydrogen) atoms. The van der Waals surface area contributed by atoms with E-state index in [0.717, 1.165) is 6.54 Å². The van der Waals surface area contributed by atoms with Gasteiger partial charge in [-0.25, -0.2) is 12.7 Å². The number of ether oxygens (including phenoxy) is 1. The van der Waals surface area contributed by atoms with E-state index in [9.17, 15) is 8.42 Å². The summed E-state index contributed by atoms with van der Waals surface area (Å²) >= 11 is 0. The fourth-order valence-electron chi connectivity index (χ4n) is 2.90. The number of hydrogen-bond donors (Lipinski definition) is 0. The molecule has 130 valence electrons. The molecule has 0 N–H and O–H groups in total. The quantitative estimate of drug-likeness (QED) is 0.691. The molecule has 0 spiro atoms. The Morgan fingerprint density at radius 3 is 2.39 bits per heavy atom. The summed E-state index contributed by atoms with van der Waals surface area (Å²) in [6.07, 6.45) is 5.05. The molecule has 1 aliphatic rings. The molecule has 1 aromatic carbocycles. The van der Waals surface area contributed by atoms with Gasteiger partial charge in [0.2, 0.25) is 10.0 Å². The van der Waals surface area contributed by atoms with Crippen LogP contribution in [-0.2, 0) is 10.0 Å². The van der Waals surface area contributed by atoms with E-state index in [0.29, 0.717) is 18.3 Å². The van der Waals surface area contributed by atoms with Gasteiger partial charge < -0.3 is 9.64 Å². The third-order valence-electron chi connectivity index (χ3n) is 4.54. The highest BCUT2D eigenvalue weighted by Gasteiger charge is 2.22. The summed E-state index contributed by atoms with van der Waals surface area (Å²) in [5, 5.41) is 0. The lowest BCUT2D eigenvalue weighted by molar-refractivity contribution is 0.232. The Morgan fingerprint density at radius 1 is 1.09 bits per heavy atom. The van der Waals surface area contributed by atoms with E-state index < -0.39 is 10.0 Å². The lowest BCUT2D eigenvalue weighted by Gasteiger charge is -2.26.